The van der Waals surface area contributed by atoms with Crippen molar-refractivity contribution in [3.63, 3.8) is 0 Å². The molecule has 0 radical (unpaired) electrons. The van der Waals surface area contributed by atoms with Crippen LogP contribution in [0.15, 0.2) is 50.5 Å². The SMILES string of the molecule is CCCCCCCC=C[C@H](Sc1ccc2c(=O)cc(C(=O)O)oc2c1)[C@H](O)CCCC. The van der Waals surface area contributed by atoms with Gasteiger partial charge in [0, 0.05) is 11.0 Å². The number of hydrogen-bond acceptors (Lipinski definition) is 5. The van der Waals surface area contributed by atoms with Crippen LogP contribution in [-0.2, 0) is 0 Å². The Labute approximate surface area is 188 Å². The lowest BCUT2D eigenvalue weighted by molar-refractivity contribution is 0.0663. The number of carbonyl (C=O) groups is 1. The Balaban J connectivity index is 2.15. The predicted octanol–water partition coefficient (Wildman–Crippen LogP) is 6.42. The fraction of sp³-hybridized carbons (Fsp3) is 0.520. The molecule has 2 N–H and O–H groups in total. The number of allylic oxidation sites excluding steroid dienone is 1. The zero-order valence-corrected chi connectivity index (χ0v) is 19.3. The molecule has 0 spiro atoms. The van der Waals surface area contributed by atoms with Crippen LogP contribution in [-0.4, -0.2) is 27.5 Å². The minimum atomic E-state index is -1.27. The van der Waals surface area contributed by atoms with Crippen LogP contribution in [0.5, 0.6) is 0 Å². The molecule has 6 heteroatoms. The first-order chi connectivity index (χ1) is 15.0. The van der Waals surface area contributed by atoms with Crippen LogP contribution in [0.25, 0.3) is 11.0 Å². The van der Waals surface area contributed by atoms with Crippen LogP contribution in [0.4, 0.5) is 0 Å². The highest BCUT2D eigenvalue weighted by Gasteiger charge is 2.18. The molecule has 0 saturated carbocycles. The number of carboxylic acids is 1. The quantitative estimate of drug-likeness (QED) is 0.198. The third-order valence-corrected chi connectivity index (χ3v) is 6.49. The molecule has 0 fully saturated rings. The van der Waals surface area contributed by atoms with Crippen molar-refractivity contribution in [2.24, 2.45) is 0 Å². The third-order valence-electron chi connectivity index (χ3n) is 5.22. The van der Waals surface area contributed by atoms with Crippen LogP contribution >= 0.6 is 11.8 Å². The van der Waals surface area contributed by atoms with E-state index < -0.39 is 12.1 Å². The van der Waals surface area contributed by atoms with E-state index in [0.29, 0.717) is 5.39 Å². The van der Waals surface area contributed by atoms with Crippen LogP contribution in [0, 0.1) is 0 Å². The molecule has 170 valence electrons. The van der Waals surface area contributed by atoms with Gasteiger partial charge in [-0.3, -0.25) is 4.79 Å². The van der Waals surface area contributed by atoms with Crippen LogP contribution < -0.4 is 5.43 Å². The smallest absolute Gasteiger partial charge is 0.371 e. The maximum Gasteiger partial charge on any atom is 0.371 e. The summed E-state index contributed by atoms with van der Waals surface area (Å²) < 4.78 is 5.40. The highest BCUT2D eigenvalue weighted by Crippen LogP contribution is 2.30. The summed E-state index contributed by atoms with van der Waals surface area (Å²) in [6, 6.07) is 6.16. The number of aromatic carboxylic acids is 1. The molecule has 0 saturated heterocycles. The summed E-state index contributed by atoms with van der Waals surface area (Å²) in [5.74, 6) is -1.64. The standard InChI is InChI=1S/C25H34O5S/c1-3-5-7-8-9-10-11-13-24(20(26)12-6-4-2)31-18-14-15-19-21(27)17-23(25(28)29)30-22(19)16-18/h11,13-17,20,24,26H,3-10,12H2,1-2H3,(H,28,29)/t20-,24+/m1/s1. The first-order valence-electron chi connectivity index (χ1n) is 11.3. The Kier molecular flexibility index (Phi) is 10.9. The van der Waals surface area contributed by atoms with E-state index in [0.717, 1.165) is 43.1 Å². The van der Waals surface area contributed by atoms with Gasteiger partial charge in [-0.05, 0) is 37.5 Å². The number of hydrogen-bond donors (Lipinski definition) is 2. The highest BCUT2D eigenvalue weighted by atomic mass is 32.2. The number of aliphatic hydroxyl groups excluding tert-OH is 1. The Morgan fingerprint density at radius 1 is 1.10 bits per heavy atom. The van der Waals surface area contributed by atoms with E-state index in [-0.39, 0.29) is 22.0 Å². The van der Waals surface area contributed by atoms with E-state index in [9.17, 15) is 14.7 Å². The molecule has 1 heterocycles. The summed E-state index contributed by atoms with van der Waals surface area (Å²) >= 11 is 1.51. The Morgan fingerprint density at radius 3 is 2.55 bits per heavy atom. The molecule has 2 aromatic rings. The Morgan fingerprint density at radius 2 is 1.84 bits per heavy atom. The van der Waals surface area contributed by atoms with Gasteiger partial charge in [0.25, 0.3) is 0 Å². The lowest BCUT2D eigenvalue weighted by atomic mass is 10.1. The molecule has 0 unspecified atom stereocenters. The van der Waals surface area contributed by atoms with Crippen molar-refractivity contribution in [3.8, 4) is 0 Å². The summed E-state index contributed by atoms with van der Waals surface area (Å²) in [4.78, 5) is 24.2. The van der Waals surface area contributed by atoms with E-state index in [1.165, 1.54) is 37.4 Å². The lowest BCUT2D eigenvalue weighted by Gasteiger charge is -2.19. The van der Waals surface area contributed by atoms with E-state index in [2.05, 4.69) is 26.0 Å². The van der Waals surface area contributed by atoms with Gasteiger partial charge in [0.15, 0.2) is 5.43 Å². The first-order valence-corrected chi connectivity index (χ1v) is 12.2. The monoisotopic (exact) mass is 446 g/mol. The van der Waals surface area contributed by atoms with Gasteiger partial charge in [0.1, 0.15) is 5.58 Å². The summed E-state index contributed by atoms with van der Waals surface area (Å²) in [5.41, 5.74) is -0.130. The van der Waals surface area contributed by atoms with Crippen molar-refractivity contribution in [1.82, 2.24) is 0 Å². The number of benzene rings is 1. The molecule has 0 bridgehead atoms. The van der Waals surface area contributed by atoms with Crippen molar-refractivity contribution in [3.05, 3.63) is 52.4 Å². The summed E-state index contributed by atoms with van der Waals surface area (Å²) in [6.07, 6.45) is 13.6. The lowest BCUT2D eigenvalue weighted by Crippen LogP contribution is -2.21. The van der Waals surface area contributed by atoms with Gasteiger partial charge in [-0.1, -0.05) is 64.5 Å². The van der Waals surface area contributed by atoms with Crippen molar-refractivity contribution in [1.29, 1.82) is 0 Å². The average molecular weight is 447 g/mol. The first kappa shape index (κ1) is 25.2. The van der Waals surface area contributed by atoms with Crippen molar-refractivity contribution < 1.29 is 19.4 Å². The fourth-order valence-corrected chi connectivity index (χ4v) is 4.51. The number of thioether (sulfide) groups is 1. The number of fused-ring (bicyclic) bond motifs is 1. The molecule has 2 rings (SSSR count). The summed E-state index contributed by atoms with van der Waals surface area (Å²) in [7, 11) is 0. The minimum Gasteiger partial charge on any atom is -0.475 e. The number of aliphatic hydroxyl groups is 1. The van der Waals surface area contributed by atoms with E-state index >= 15 is 0 Å². The largest absolute Gasteiger partial charge is 0.475 e. The number of unbranched alkanes of at least 4 members (excludes halogenated alkanes) is 6. The molecule has 1 aromatic carbocycles. The molecule has 31 heavy (non-hydrogen) atoms. The molecule has 5 nitrogen and oxygen atoms in total. The molecular weight excluding hydrogens is 412 g/mol. The van der Waals surface area contributed by atoms with Crippen LogP contribution in [0.3, 0.4) is 0 Å². The van der Waals surface area contributed by atoms with Gasteiger partial charge < -0.3 is 14.6 Å². The molecule has 1 aromatic heterocycles. The second-order valence-corrected chi connectivity index (χ2v) is 9.11. The van der Waals surface area contributed by atoms with Gasteiger partial charge in [-0.15, -0.1) is 11.8 Å². The van der Waals surface area contributed by atoms with Crippen molar-refractivity contribution >= 4 is 28.7 Å². The molecule has 0 aliphatic heterocycles. The summed E-state index contributed by atoms with van der Waals surface area (Å²) in [6.45, 7) is 4.31. The summed E-state index contributed by atoms with van der Waals surface area (Å²) in [5, 5.41) is 20.1. The second kappa shape index (κ2) is 13.4. The van der Waals surface area contributed by atoms with Crippen LogP contribution in [0.2, 0.25) is 0 Å². The normalized spacial score (nSPS) is 13.6. The number of rotatable bonds is 14. The Hall–Kier alpha value is -2.05. The van der Waals surface area contributed by atoms with Crippen molar-refractivity contribution in [2.75, 3.05) is 0 Å². The zero-order chi connectivity index (χ0) is 22.6. The van der Waals surface area contributed by atoms with Gasteiger partial charge in [0.2, 0.25) is 5.76 Å². The number of carboxylic acid groups (broad SMARTS) is 1. The Bertz CT molecular complexity index is 918. The van der Waals surface area contributed by atoms with Gasteiger partial charge in [0.05, 0.1) is 16.7 Å². The van der Waals surface area contributed by atoms with E-state index in [1.807, 2.05) is 6.07 Å². The van der Waals surface area contributed by atoms with E-state index in [1.54, 1.807) is 12.1 Å². The maximum atomic E-state index is 12.2. The average Bonchev–Trinajstić information content (AvgIpc) is 2.75. The predicted molar refractivity (Wildman–Crippen MR) is 127 cm³/mol. The fourth-order valence-electron chi connectivity index (χ4n) is 3.39. The molecular formula is C25H34O5S. The molecule has 0 aliphatic rings. The highest BCUT2D eigenvalue weighted by molar-refractivity contribution is 8.00. The zero-order valence-electron chi connectivity index (χ0n) is 18.5. The van der Waals surface area contributed by atoms with Gasteiger partial charge in [-0.25, -0.2) is 4.79 Å². The van der Waals surface area contributed by atoms with Gasteiger partial charge >= 0.3 is 5.97 Å². The molecule has 0 amide bonds. The van der Waals surface area contributed by atoms with Crippen LogP contribution in [0.1, 0.15) is 82.2 Å². The van der Waals surface area contributed by atoms with Gasteiger partial charge in [-0.2, -0.15) is 0 Å². The van der Waals surface area contributed by atoms with Crippen molar-refractivity contribution in [2.45, 2.75) is 87.9 Å². The van der Waals surface area contributed by atoms with E-state index in [4.69, 9.17) is 9.52 Å². The topological polar surface area (TPSA) is 87.7 Å². The second-order valence-electron chi connectivity index (χ2n) is 7.86. The molecule has 0 aliphatic carbocycles. The third kappa shape index (κ3) is 8.19. The molecule has 2 atom stereocenters. The maximum absolute atomic E-state index is 12.2. The minimum absolute atomic E-state index is 0.117.